The number of hydrogen-bond donors (Lipinski definition) is 1. The smallest absolute Gasteiger partial charge is 0.260 e. The zero-order valence-corrected chi connectivity index (χ0v) is 16.9. The summed E-state index contributed by atoms with van der Waals surface area (Å²) in [5.74, 6) is 0.693. The number of halogens is 2. The van der Waals surface area contributed by atoms with Gasteiger partial charge in [0.05, 0.1) is 0 Å². The van der Waals surface area contributed by atoms with Gasteiger partial charge in [0.1, 0.15) is 5.75 Å². The maximum atomic E-state index is 12.4. The molecule has 2 rings (SSSR count). The number of ether oxygens (including phenoxy) is 1. The van der Waals surface area contributed by atoms with E-state index >= 15 is 0 Å². The normalized spacial score (nSPS) is 16.7. The van der Waals surface area contributed by atoms with Gasteiger partial charge in [-0.3, -0.25) is 9.59 Å². The molecule has 0 radical (unpaired) electrons. The molecule has 1 aliphatic heterocycles. The van der Waals surface area contributed by atoms with E-state index in [0.717, 1.165) is 0 Å². The summed E-state index contributed by atoms with van der Waals surface area (Å²) < 4.78 is 5.73. The van der Waals surface area contributed by atoms with Crippen molar-refractivity contribution in [2.75, 3.05) is 13.1 Å². The van der Waals surface area contributed by atoms with Gasteiger partial charge >= 0.3 is 0 Å². The number of rotatable bonds is 6. The van der Waals surface area contributed by atoms with Crippen LogP contribution in [-0.4, -0.2) is 46.8 Å². The molecular formula is C19H26Cl2N2O3. The average Bonchev–Trinajstić information content (AvgIpc) is 2.62. The zero-order chi connectivity index (χ0) is 19.3. The third-order valence-electron chi connectivity index (χ3n) is 4.57. The van der Waals surface area contributed by atoms with Crippen LogP contribution < -0.4 is 10.1 Å². The van der Waals surface area contributed by atoms with Gasteiger partial charge in [-0.25, -0.2) is 0 Å². The highest BCUT2D eigenvalue weighted by Crippen LogP contribution is 2.20. The molecule has 2 amide bonds. The van der Waals surface area contributed by atoms with Crippen LogP contribution in [0.2, 0.25) is 0 Å². The summed E-state index contributed by atoms with van der Waals surface area (Å²) in [5, 5.41) is 2.99. The average molecular weight is 401 g/mol. The van der Waals surface area contributed by atoms with E-state index in [1.54, 1.807) is 11.8 Å². The van der Waals surface area contributed by atoms with Crippen molar-refractivity contribution in [1.82, 2.24) is 10.2 Å². The number of nitrogens with one attached hydrogen (secondary N) is 1. The number of carbonyl (C=O) groups excluding carboxylic acids is 2. The molecule has 1 unspecified atom stereocenters. The number of amides is 2. The SMILES string of the molecule is CC(Oc1ccc(C(C)C)cc1)C(=O)NC1CCN(C(=O)C(Cl)Cl)CC1. The molecule has 0 saturated carbocycles. The molecule has 0 aliphatic carbocycles. The van der Waals surface area contributed by atoms with Crippen LogP contribution in [0.25, 0.3) is 0 Å². The number of nitrogens with zero attached hydrogens (tertiary/aromatic N) is 1. The van der Waals surface area contributed by atoms with Gasteiger partial charge in [0, 0.05) is 19.1 Å². The fourth-order valence-electron chi connectivity index (χ4n) is 2.89. The van der Waals surface area contributed by atoms with Crippen LogP contribution in [0.1, 0.15) is 45.1 Å². The first-order valence-electron chi connectivity index (χ1n) is 8.92. The molecule has 1 N–H and O–H groups in total. The standard InChI is InChI=1S/C19H26Cl2N2O3/c1-12(2)14-4-6-16(7-5-14)26-13(3)18(24)22-15-8-10-23(11-9-15)19(25)17(20)21/h4-7,12-13,15,17H,8-11H2,1-3H3,(H,22,24). The van der Waals surface area contributed by atoms with Crippen LogP contribution in [-0.2, 0) is 9.59 Å². The van der Waals surface area contributed by atoms with E-state index in [0.29, 0.717) is 37.6 Å². The minimum atomic E-state index is -1.03. The van der Waals surface area contributed by atoms with Crippen LogP contribution in [0.4, 0.5) is 0 Å². The van der Waals surface area contributed by atoms with Crippen molar-refractivity contribution in [1.29, 1.82) is 0 Å². The fraction of sp³-hybridized carbons (Fsp3) is 0.579. The molecule has 26 heavy (non-hydrogen) atoms. The van der Waals surface area contributed by atoms with Crippen molar-refractivity contribution >= 4 is 35.0 Å². The molecular weight excluding hydrogens is 375 g/mol. The van der Waals surface area contributed by atoms with Crippen molar-refractivity contribution in [2.45, 2.75) is 56.5 Å². The van der Waals surface area contributed by atoms with Gasteiger partial charge in [-0.1, -0.05) is 49.2 Å². The Hall–Kier alpha value is -1.46. The van der Waals surface area contributed by atoms with Crippen molar-refractivity contribution in [3.05, 3.63) is 29.8 Å². The minimum absolute atomic E-state index is 0.0185. The molecule has 7 heteroatoms. The van der Waals surface area contributed by atoms with E-state index in [1.165, 1.54) is 5.56 Å². The van der Waals surface area contributed by atoms with Crippen molar-refractivity contribution < 1.29 is 14.3 Å². The largest absolute Gasteiger partial charge is 0.481 e. The lowest BCUT2D eigenvalue weighted by atomic mass is 10.0. The third kappa shape index (κ3) is 5.78. The van der Waals surface area contributed by atoms with Crippen molar-refractivity contribution in [2.24, 2.45) is 0 Å². The van der Waals surface area contributed by atoms with Crippen molar-refractivity contribution in [3.8, 4) is 5.75 Å². The molecule has 1 heterocycles. The second kappa shape index (κ2) is 9.47. The number of likely N-dealkylation sites (tertiary alicyclic amines) is 1. The Kier molecular flexibility index (Phi) is 7.59. The van der Waals surface area contributed by atoms with Crippen molar-refractivity contribution in [3.63, 3.8) is 0 Å². The van der Waals surface area contributed by atoms with Crippen LogP contribution in [0, 0.1) is 0 Å². The number of hydrogen-bond acceptors (Lipinski definition) is 3. The Morgan fingerprint density at radius 1 is 1.12 bits per heavy atom. The summed E-state index contributed by atoms with van der Waals surface area (Å²) in [6.45, 7) is 7.06. The van der Waals surface area contributed by atoms with Gasteiger partial charge in [-0.2, -0.15) is 0 Å². The maximum absolute atomic E-state index is 12.4. The predicted molar refractivity (Wildman–Crippen MR) is 104 cm³/mol. The Balaban J connectivity index is 1.79. The van der Waals surface area contributed by atoms with E-state index < -0.39 is 10.9 Å². The minimum Gasteiger partial charge on any atom is -0.481 e. The van der Waals surface area contributed by atoms with Crippen LogP contribution in [0.15, 0.2) is 24.3 Å². The quantitative estimate of drug-likeness (QED) is 0.743. The first-order valence-corrected chi connectivity index (χ1v) is 9.79. The zero-order valence-electron chi connectivity index (χ0n) is 15.4. The Morgan fingerprint density at radius 2 is 1.69 bits per heavy atom. The van der Waals surface area contributed by atoms with E-state index in [-0.39, 0.29) is 17.9 Å². The first-order chi connectivity index (χ1) is 12.3. The summed E-state index contributed by atoms with van der Waals surface area (Å²) in [6.07, 6.45) is 0.760. The lowest BCUT2D eigenvalue weighted by molar-refractivity contribution is -0.131. The van der Waals surface area contributed by atoms with Crippen LogP contribution in [0.5, 0.6) is 5.75 Å². The number of benzene rings is 1. The van der Waals surface area contributed by atoms with Gasteiger partial charge in [-0.05, 0) is 43.4 Å². The number of alkyl halides is 2. The predicted octanol–water partition coefficient (Wildman–Crippen LogP) is 3.49. The summed E-state index contributed by atoms with van der Waals surface area (Å²) in [5.41, 5.74) is 1.23. The van der Waals surface area contributed by atoms with E-state index in [4.69, 9.17) is 27.9 Å². The molecule has 1 atom stereocenters. The second-order valence-corrected chi connectivity index (χ2v) is 7.99. The third-order valence-corrected chi connectivity index (χ3v) is 4.94. The fourth-order valence-corrected chi connectivity index (χ4v) is 3.17. The summed E-state index contributed by atoms with van der Waals surface area (Å²) in [6, 6.07) is 7.82. The van der Waals surface area contributed by atoms with Gasteiger partial charge in [0.15, 0.2) is 10.9 Å². The topological polar surface area (TPSA) is 58.6 Å². The summed E-state index contributed by atoms with van der Waals surface area (Å²) in [4.78, 5) is 24.7. The highest BCUT2D eigenvalue weighted by molar-refractivity contribution is 6.53. The number of carbonyl (C=O) groups is 2. The van der Waals surface area contributed by atoms with Gasteiger partial charge in [-0.15, -0.1) is 0 Å². The maximum Gasteiger partial charge on any atom is 0.260 e. The monoisotopic (exact) mass is 400 g/mol. The number of piperidine rings is 1. The van der Waals surface area contributed by atoms with Gasteiger partial charge in [0.25, 0.3) is 11.8 Å². The van der Waals surface area contributed by atoms with Crippen LogP contribution in [0.3, 0.4) is 0 Å². The highest BCUT2D eigenvalue weighted by atomic mass is 35.5. The lowest BCUT2D eigenvalue weighted by Crippen LogP contribution is -2.50. The second-order valence-electron chi connectivity index (χ2n) is 6.89. The molecule has 144 valence electrons. The molecule has 1 aromatic carbocycles. The summed E-state index contributed by atoms with van der Waals surface area (Å²) in [7, 11) is 0. The molecule has 1 aliphatic rings. The summed E-state index contributed by atoms with van der Waals surface area (Å²) >= 11 is 11.2. The van der Waals surface area contributed by atoms with Gasteiger partial charge in [0.2, 0.25) is 0 Å². The molecule has 1 saturated heterocycles. The lowest BCUT2D eigenvalue weighted by Gasteiger charge is -2.33. The van der Waals surface area contributed by atoms with E-state index in [9.17, 15) is 9.59 Å². The molecule has 0 spiro atoms. The molecule has 1 fully saturated rings. The van der Waals surface area contributed by atoms with Crippen LogP contribution >= 0.6 is 23.2 Å². The molecule has 0 bridgehead atoms. The van der Waals surface area contributed by atoms with E-state index in [1.807, 2.05) is 24.3 Å². The molecule has 1 aromatic rings. The van der Waals surface area contributed by atoms with Gasteiger partial charge < -0.3 is 15.0 Å². The Labute approximate surface area is 165 Å². The Morgan fingerprint density at radius 3 is 2.19 bits per heavy atom. The highest BCUT2D eigenvalue weighted by Gasteiger charge is 2.27. The first kappa shape index (κ1) is 20.8. The molecule has 0 aromatic heterocycles. The Bertz CT molecular complexity index is 612. The molecule has 5 nitrogen and oxygen atoms in total. The van der Waals surface area contributed by atoms with E-state index in [2.05, 4.69) is 19.2 Å².